The SMILES string of the molecule is C=CCC(C)NS(=O)(=O)c1cnc(Cl)s1. The fraction of sp³-hybridized carbons (Fsp3) is 0.375. The van der Waals surface area contributed by atoms with E-state index in [2.05, 4.69) is 16.3 Å². The molecule has 0 saturated carbocycles. The molecule has 15 heavy (non-hydrogen) atoms. The zero-order valence-corrected chi connectivity index (χ0v) is 10.5. The van der Waals surface area contributed by atoms with E-state index in [-0.39, 0.29) is 14.7 Å². The first-order valence-corrected chi connectivity index (χ1v) is 6.88. The summed E-state index contributed by atoms with van der Waals surface area (Å²) >= 11 is 6.50. The van der Waals surface area contributed by atoms with E-state index in [1.807, 2.05) is 0 Å². The Morgan fingerprint density at radius 3 is 2.93 bits per heavy atom. The maximum Gasteiger partial charge on any atom is 0.251 e. The Bertz CT molecular complexity index is 441. The number of hydrogen-bond acceptors (Lipinski definition) is 4. The van der Waals surface area contributed by atoms with Crippen molar-refractivity contribution in [2.24, 2.45) is 0 Å². The largest absolute Gasteiger partial charge is 0.251 e. The standard InChI is InChI=1S/C8H11ClN2O2S2/c1-3-4-6(2)11-15(12,13)7-5-10-8(9)14-7/h3,5-6,11H,1,4H2,2H3. The van der Waals surface area contributed by atoms with Gasteiger partial charge in [-0.3, -0.25) is 0 Å². The second kappa shape index (κ2) is 5.07. The first-order chi connectivity index (χ1) is 6.95. The van der Waals surface area contributed by atoms with Gasteiger partial charge in [0.2, 0.25) is 0 Å². The molecule has 0 bridgehead atoms. The topological polar surface area (TPSA) is 59.1 Å². The van der Waals surface area contributed by atoms with E-state index in [9.17, 15) is 8.42 Å². The lowest BCUT2D eigenvalue weighted by atomic mass is 10.3. The number of halogens is 1. The molecule has 0 saturated heterocycles. The Labute approximate surface area is 98.0 Å². The molecule has 1 heterocycles. The summed E-state index contributed by atoms with van der Waals surface area (Å²) in [6.07, 6.45) is 3.48. The molecule has 1 unspecified atom stereocenters. The quantitative estimate of drug-likeness (QED) is 0.830. The molecule has 4 nitrogen and oxygen atoms in total. The maximum absolute atomic E-state index is 11.7. The summed E-state index contributed by atoms with van der Waals surface area (Å²) in [5, 5.41) is 0. The number of thiazole rings is 1. The van der Waals surface area contributed by atoms with Gasteiger partial charge < -0.3 is 0 Å². The molecule has 1 aromatic heterocycles. The van der Waals surface area contributed by atoms with Crippen LogP contribution < -0.4 is 4.72 Å². The van der Waals surface area contributed by atoms with Gasteiger partial charge in [-0.15, -0.1) is 6.58 Å². The molecule has 1 rings (SSSR count). The molecule has 7 heteroatoms. The number of nitrogens with zero attached hydrogens (tertiary/aromatic N) is 1. The average molecular weight is 267 g/mol. The third kappa shape index (κ3) is 3.57. The smallest absolute Gasteiger partial charge is 0.232 e. The first-order valence-electron chi connectivity index (χ1n) is 4.20. The van der Waals surface area contributed by atoms with Crippen molar-refractivity contribution in [1.82, 2.24) is 9.71 Å². The molecule has 0 aliphatic heterocycles. The molecule has 0 aliphatic carbocycles. The number of hydrogen-bond donors (Lipinski definition) is 1. The van der Waals surface area contributed by atoms with Crippen molar-refractivity contribution in [1.29, 1.82) is 0 Å². The number of rotatable bonds is 5. The predicted octanol–water partition coefficient (Wildman–Crippen LogP) is 2.04. The minimum atomic E-state index is -3.49. The molecule has 0 aromatic carbocycles. The predicted molar refractivity (Wildman–Crippen MR) is 61.7 cm³/mol. The van der Waals surface area contributed by atoms with Crippen molar-refractivity contribution in [3.8, 4) is 0 Å². The minimum absolute atomic E-state index is 0.128. The fourth-order valence-corrected chi connectivity index (χ4v) is 3.55. The van der Waals surface area contributed by atoms with Gasteiger partial charge >= 0.3 is 0 Å². The molecular weight excluding hydrogens is 256 g/mol. The lowest BCUT2D eigenvalue weighted by Crippen LogP contribution is -2.31. The fourth-order valence-electron chi connectivity index (χ4n) is 0.984. The van der Waals surface area contributed by atoms with Gasteiger partial charge in [0, 0.05) is 6.04 Å². The van der Waals surface area contributed by atoms with E-state index < -0.39 is 10.0 Å². The van der Waals surface area contributed by atoms with Crippen LogP contribution in [0.1, 0.15) is 13.3 Å². The summed E-state index contributed by atoms with van der Waals surface area (Å²) in [5.41, 5.74) is 0. The van der Waals surface area contributed by atoms with Crippen LogP contribution >= 0.6 is 22.9 Å². The van der Waals surface area contributed by atoms with Crippen LogP contribution in [0.25, 0.3) is 0 Å². The van der Waals surface area contributed by atoms with Crippen molar-refractivity contribution in [2.45, 2.75) is 23.6 Å². The Balaban J connectivity index is 2.80. The molecule has 1 N–H and O–H groups in total. The molecule has 84 valence electrons. The molecule has 1 atom stereocenters. The molecular formula is C8H11ClN2O2S2. The summed E-state index contributed by atoms with van der Waals surface area (Å²) < 4.78 is 26.2. The van der Waals surface area contributed by atoms with Gasteiger partial charge in [0.1, 0.15) is 0 Å². The lowest BCUT2D eigenvalue weighted by Gasteiger charge is -2.10. The van der Waals surface area contributed by atoms with Crippen LogP contribution in [0.4, 0.5) is 0 Å². The van der Waals surface area contributed by atoms with Gasteiger partial charge in [0.05, 0.1) is 6.20 Å². The summed E-state index contributed by atoms with van der Waals surface area (Å²) in [7, 11) is -3.49. The second-order valence-electron chi connectivity index (χ2n) is 2.98. The van der Waals surface area contributed by atoms with E-state index >= 15 is 0 Å². The Morgan fingerprint density at radius 1 is 1.80 bits per heavy atom. The highest BCUT2D eigenvalue weighted by Crippen LogP contribution is 2.22. The first kappa shape index (κ1) is 12.6. The summed E-state index contributed by atoms with van der Waals surface area (Å²) in [6, 6.07) is -0.187. The van der Waals surface area contributed by atoms with E-state index in [4.69, 9.17) is 11.6 Å². The third-order valence-electron chi connectivity index (χ3n) is 1.60. The number of nitrogens with one attached hydrogen (secondary N) is 1. The highest BCUT2D eigenvalue weighted by Gasteiger charge is 2.19. The highest BCUT2D eigenvalue weighted by atomic mass is 35.5. The third-order valence-corrected chi connectivity index (χ3v) is 4.76. The van der Waals surface area contributed by atoms with Gasteiger partial charge in [0.25, 0.3) is 10.0 Å². The van der Waals surface area contributed by atoms with Gasteiger partial charge in [0.15, 0.2) is 8.68 Å². The van der Waals surface area contributed by atoms with Crippen LogP contribution in [0.5, 0.6) is 0 Å². The van der Waals surface area contributed by atoms with Gasteiger partial charge in [-0.25, -0.2) is 18.1 Å². The minimum Gasteiger partial charge on any atom is -0.232 e. The summed E-state index contributed by atoms with van der Waals surface area (Å²) in [4.78, 5) is 3.68. The molecule has 0 amide bonds. The van der Waals surface area contributed by atoms with Crippen LogP contribution in [0.15, 0.2) is 23.1 Å². The van der Waals surface area contributed by atoms with E-state index in [0.29, 0.717) is 6.42 Å². The van der Waals surface area contributed by atoms with Gasteiger partial charge in [-0.05, 0) is 13.3 Å². The highest BCUT2D eigenvalue weighted by molar-refractivity contribution is 7.91. The van der Waals surface area contributed by atoms with Gasteiger partial charge in [-0.2, -0.15) is 0 Å². The Hall–Kier alpha value is -0.430. The van der Waals surface area contributed by atoms with Crippen LogP contribution in [0, 0.1) is 0 Å². The maximum atomic E-state index is 11.7. The van der Waals surface area contributed by atoms with Crippen LogP contribution in [0.3, 0.4) is 0 Å². The van der Waals surface area contributed by atoms with E-state index in [1.54, 1.807) is 13.0 Å². The molecule has 0 fully saturated rings. The van der Waals surface area contributed by atoms with Crippen LogP contribution in [-0.4, -0.2) is 19.4 Å². The van der Waals surface area contributed by atoms with E-state index in [0.717, 1.165) is 11.3 Å². The average Bonchev–Trinajstić information content (AvgIpc) is 2.51. The number of sulfonamides is 1. The zero-order chi connectivity index (χ0) is 11.5. The molecule has 1 aromatic rings. The Kier molecular flexibility index (Phi) is 4.27. The zero-order valence-electron chi connectivity index (χ0n) is 8.10. The van der Waals surface area contributed by atoms with Crippen molar-refractivity contribution in [2.75, 3.05) is 0 Å². The van der Waals surface area contributed by atoms with E-state index in [1.165, 1.54) is 6.20 Å². The van der Waals surface area contributed by atoms with Crippen molar-refractivity contribution in [3.63, 3.8) is 0 Å². The van der Waals surface area contributed by atoms with Crippen LogP contribution in [-0.2, 0) is 10.0 Å². The van der Waals surface area contributed by atoms with Crippen molar-refractivity contribution >= 4 is 33.0 Å². The summed E-state index contributed by atoms with van der Waals surface area (Å²) in [6.45, 7) is 5.31. The van der Waals surface area contributed by atoms with Gasteiger partial charge in [-0.1, -0.05) is 29.0 Å². The monoisotopic (exact) mass is 266 g/mol. The van der Waals surface area contributed by atoms with Crippen molar-refractivity contribution in [3.05, 3.63) is 23.3 Å². The Morgan fingerprint density at radius 2 is 2.47 bits per heavy atom. The normalized spacial score (nSPS) is 13.7. The second-order valence-corrected chi connectivity index (χ2v) is 6.53. The van der Waals surface area contributed by atoms with Crippen molar-refractivity contribution < 1.29 is 8.42 Å². The molecule has 0 radical (unpaired) electrons. The van der Waals surface area contributed by atoms with Crippen LogP contribution in [0.2, 0.25) is 4.47 Å². The molecule has 0 aliphatic rings. The molecule has 0 spiro atoms. The summed E-state index contributed by atoms with van der Waals surface area (Å²) in [5.74, 6) is 0. The number of aromatic nitrogens is 1. The lowest BCUT2D eigenvalue weighted by molar-refractivity contribution is 0.564.